The third-order valence-corrected chi connectivity index (χ3v) is 7.78. The van der Waals surface area contributed by atoms with Crippen molar-refractivity contribution in [2.75, 3.05) is 17.2 Å². The van der Waals surface area contributed by atoms with Gasteiger partial charge in [-0.05, 0) is 87.5 Å². The van der Waals surface area contributed by atoms with E-state index in [2.05, 4.69) is 10.2 Å². The van der Waals surface area contributed by atoms with Crippen molar-refractivity contribution in [1.29, 1.82) is 0 Å². The molecule has 0 unspecified atom stereocenters. The van der Waals surface area contributed by atoms with Gasteiger partial charge in [0.15, 0.2) is 0 Å². The molecular weight excluding hydrogens is 389 g/mol. The number of anilines is 1. The quantitative estimate of drug-likeness (QED) is 0.633. The number of nitrogens with zero attached hydrogens (tertiary/aromatic N) is 3. The van der Waals surface area contributed by atoms with Gasteiger partial charge in [0.05, 0.1) is 5.75 Å². The predicted octanol–water partition coefficient (Wildman–Crippen LogP) is 4.82. The number of benzene rings is 1. The summed E-state index contributed by atoms with van der Waals surface area (Å²) in [6, 6.07) is 5.99. The molecule has 4 fully saturated rings. The van der Waals surface area contributed by atoms with Crippen molar-refractivity contribution in [1.82, 2.24) is 10.2 Å². The summed E-state index contributed by atoms with van der Waals surface area (Å²) >= 11 is 1.29. The summed E-state index contributed by atoms with van der Waals surface area (Å²) in [5.41, 5.74) is 0.771. The molecule has 154 valence electrons. The first-order chi connectivity index (χ1) is 14.0. The van der Waals surface area contributed by atoms with Gasteiger partial charge in [-0.3, -0.25) is 4.79 Å². The van der Waals surface area contributed by atoms with Gasteiger partial charge in [-0.25, -0.2) is 4.39 Å². The number of halogens is 1. The summed E-state index contributed by atoms with van der Waals surface area (Å²) in [7, 11) is 0. The number of hydrogen-bond acceptors (Lipinski definition) is 5. The Labute approximate surface area is 174 Å². The molecule has 1 aromatic heterocycles. The van der Waals surface area contributed by atoms with Gasteiger partial charge in [0.1, 0.15) is 5.82 Å². The van der Waals surface area contributed by atoms with E-state index in [0.29, 0.717) is 17.5 Å². The van der Waals surface area contributed by atoms with Crippen molar-refractivity contribution < 1.29 is 13.6 Å². The molecule has 5 nitrogen and oxygen atoms in total. The van der Waals surface area contributed by atoms with E-state index in [9.17, 15) is 9.18 Å². The highest BCUT2D eigenvalue weighted by Gasteiger charge is 2.54. The molecular formula is C22H26FN3O2S. The van der Waals surface area contributed by atoms with Crippen LogP contribution in [-0.2, 0) is 10.2 Å². The topological polar surface area (TPSA) is 59.2 Å². The lowest BCUT2D eigenvalue weighted by molar-refractivity contribution is -0.116. The highest BCUT2D eigenvalue weighted by Crippen LogP contribution is 2.60. The molecule has 4 saturated carbocycles. The van der Waals surface area contributed by atoms with Crippen LogP contribution in [0.5, 0.6) is 0 Å². The molecule has 29 heavy (non-hydrogen) atoms. The zero-order valence-electron chi connectivity index (χ0n) is 16.6. The molecule has 0 N–H and O–H groups in total. The predicted molar refractivity (Wildman–Crippen MR) is 109 cm³/mol. The molecule has 0 radical (unpaired) electrons. The normalized spacial score (nSPS) is 29.9. The molecule has 7 heteroatoms. The smallest absolute Gasteiger partial charge is 0.277 e. The third-order valence-electron chi connectivity index (χ3n) is 6.97. The number of hydrogen-bond donors (Lipinski definition) is 0. The molecule has 4 bridgehead atoms. The van der Waals surface area contributed by atoms with Gasteiger partial charge in [0.25, 0.3) is 5.22 Å². The number of amides is 1. The molecule has 2 aromatic rings. The van der Waals surface area contributed by atoms with Crippen LogP contribution in [0, 0.1) is 23.6 Å². The molecule has 1 amide bonds. The van der Waals surface area contributed by atoms with Crippen molar-refractivity contribution in [3.8, 4) is 0 Å². The Morgan fingerprint density at radius 3 is 2.34 bits per heavy atom. The molecule has 0 atom stereocenters. The molecule has 4 aliphatic carbocycles. The Morgan fingerprint density at radius 1 is 1.14 bits per heavy atom. The van der Waals surface area contributed by atoms with Gasteiger partial charge < -0.3 is 9.32 Å². The van der Waals surface area contributed by atoms with Crippen LogP contribution in [-0.4, -0.2) is 28.4 Å². The number of rotatable bonds is 6. The maximum Gasteiger partial charge on any atom is 0.277 e. The Kier molecular flexibility index (Phi) is 4.88. The van der Waals surface area contributed by atoms with Gasteiger partial charge in [-0.2, -0.15) is 0 Å². The minimum absolute atomic E-state index is 0.0568. The van der Waals surface area contributed by atoms with Crippen LogP contribution < -0.4 is 4.90 Å². The lowest BCUT2D eigenvalue weighted by Crippen LogP contribution is -2.48. The van der Waals surface area contributed by atoms with Crippen LogP contribution in [0.25, 0.3) is 0 Å². The molecule has 0 aliphatic heterocycles. The Bertz CT molecular complexity index is 862. The maximum absolute atomic E-state index is 13.2. The maximum atomic E-state index is 13.2. The van der Waals surface area contributed by atoms with Crippen molar-refractivity contribution in [3.63, 3.8) is 0 Å². The summed E-state index contributed by atoms with van der Waals surface area (Å²) in [5, 5.41) is 9.13. The van der Waals surface area contributed by atoms with E-state index in [0.717, 1.165) is 23.6 Å². The zero-order chi connectivity index (χ0) is 20.0. The van der Waals surface area contributed by atoms with E-state index in [1.807, 2.05) is 6.92 Å². The fourth-order valence-electron chi connectivity index (χ4n) is 6.18. The van der Waals surface area contributed by atoms with E-state index in [1.165, 1.54) is 62.4 Å². The van der Waals surface area contributed by atoms with E-state index in [4.69, 9.17) is 4.42 Å². The van der Waals surface area contributed by atoms with Crippen LogP contribution in [0.1, 0.15) is 51.3 Å². The number of thioether (sulfide) groups is 1. The van der Waals surface area contributed by atoms with Crippen molar-refractivity contribution in [3.05, 3.63) is 36.0 Å². The number of carbonyl (C=O) groups excluding carboxylic acids is 1. The zero-order valence-corrected chi connectivity index (χ0v) is 17.5. The highest BCUT2D eigenvalue weighted by atomic mass is 32.2. The van der Waals surface area contributed by atoms with Crippen molar-refractivity contribution in [2.24, 2.45) is 17.8 Å². The summed E-state index contributed by atoms with van der Waals surface area (Å²) in [5.74, 6) is 3.10. The molecule has 1 heterocycles. The number of carbonyl (C=O) groups is 1. The summed E-state index contributed by atoms with van der Waals surface area (Å²) in [6.07, 6.45) is 7.66. The van der Waals surface area contributed by atoms with E-state index in [1.54, 1.807) is 17.0 Å². The summed E-state index contributed by atoms with van der Waals surface area (Å²) < 4.78 is 19.2. The first kappa shape index (κ1) is 19.1. The van der Waals surface area contributed by atoms with Gasteiger partial charge >= 0.3 is 0 Å². The summed E-state index contributed by atoms with van der Waals surface area (Å²) in [4.78, 5) is 14.3. The average molecular weight is 416 g/mol. The Morgan fingerprint density at radius 2 is 1.76 bits per heavy atom. The SMILES string of the molecule is CCN(C(=O)CSc1nnc(C23CC4CC(CC(C4)C2)C3)o1)c1ccc(F)cc1. The van der Waals surface area contributed by atoms with Gasteiger partial charge in [0.2, 0.25) is 11.8 Å². The lowest BCUT2D eigenvalue weighted by atomic mass is 9.49. The van der Waals surface area contributed by atoms with Gasteiger partial charge in [0, 0.05) is 17.6 Å². The first-order valence-corrected chi connectivity index (χ1v) is 11.6. The monoisotopic (exact) mass is 415 g/mol. The third kappa shape index (κ3) is 3.58. The van der Waals surface area contributed by atoms with Crippen molar-refractivity contribution >= 4 is 23.4 Å². The number of aromatic nitrogens is 2. The Hall–Kier alpha value is -1.89. The van der Waals surface area contributed by atoms with E-state index >= 15 is 0 Å². The molecule has 0 spiro atoms. The fourth-order valence-corrected chi connectivity index (χ4v) is 6.82. The molecule has 1 aromatic carbocycles. The van der Waals surface area contributed by atoms with E-state index < -0.39 is 0 Å². The Balaban J connectivity index is 1.25. The second-order valence-electron chi connectivity index (χ2n) is 8.97. The van der Waals surface area contributed by atoms with Gasteiger partial charge in [-0.1, -0.05) is 11.8 Å². The largest absolute Gasteiger partial charge is 0.415 e. The average Bonchev–Trinajstić information content (AvgIpc) is 3.17. The lowest BCUT2D eigenvalue weighted by Gasteiger charge is -2.55. The molecule has 0 saturated heterocycles. The molecule has 4 aliphatic rings. The fraction of sp³-hybridized carbons (Fsp3) is 0.591. The highest BCUT2D eigenvalue weighted by molar-refractivity contribution is 7.99. The second-order valence-corrected chi connectivity index (χ2v) is 9.90. The van der Waals surface area contributed by atoms with Crippen LogP contribution in [0.3, 0.4) is 0 Å². The summed E-state index contributed by atoms with van der Waals surface area (Å²) in [6.45, 7) is 2.43. The first-order valence-electron chi connectivity index (χ1n) is 10.6. The standard InChI is InChI=1S/C22H26FN3O2S/c1-2-26(18-5-3-17(23)4-6-18)19(27)13-29-21-25-24-20(28-21)22-10-14-7-15(11-22)9-16(8-14)12-22/h3-6,14-16H,2,7-13H2,1H3. The minimum Gasteiger partial charge on any atom is -0.415 e. The minimum atomic E-state index is -0.310. The van der Waals surface area contributed by atoms with Gasteiger partial charge in [-0.15, -0.1) is 10.2 Å². The second kappa shape index (κ2) is 7.42. The van der Waals surface area contributed by atoms with Crippen LogP contribution >= 0.6 is 11.8 Å². The van der Waals surface area contributed by atoms with Crippen LogP contribution in [0.15, 0.2) is 33.9 Å². The van der Waals surface area contributed by atoms with Crippen LogP contribution in [0.4, 0.5) is 10.1 Å². The van der Waals surface area contributed by atoms with Crippen molar-refractivity contribution in [2.45, 2.75) is 56.1 Å². The molecule has 6 rings (SSSR count). The van der Waals surface area contributed by atoms with Crippen LogP contribution in [0.2, 0.25) is 0 Å². The van der Waals surface area contributed by atoms with E-state index in [-0.39, 0.29) is 22.9 Å².